The van der Waals surface area contributed by atoms with Gasteiger partial charge in [0.2, 0.25) is 0 Å². The van der Waals surface area contributed by atoms with E-state index >= 15 is 0 Å². The molecule has 0 N–H and O–H groups in total. The minimum Gasteiger partial charge on any atom is -0.466 e. The van der Waals surface area contributed by atoms with Crippen molar-refractivity contribution in [3.05, 3.63) is 0 Å². The fourth-order valence-corrected chi connectivity index (χ4v) is 2.73. The molecule has 2 atom stereocenters. The van der Waals surface area contributed by atoms with Gasteiger partial charge in [-0.05, 0) is 41.5 Å². The molecular weight excluding hydrogens is 284 g/mol. The van der Waals surface area contributed by atoms with Gasteiger partial charge in [-0.1, -0.05) is 0 Å². The Morgan fingerprint density at radius 1 is 1.14 bits per heavy atom. The summed E-state index contributed by atoms with van der Waals surface area (Å²) in [7, 11) is 0. The van der Waals surface area contributed by atoms with Crippen LogP contribution in [0.25, 0.3) is 0 Å². The predicted molar refractivity (Wildman–Crippen MR) is 84.7 cm³/mol. The summed E-state index contributed by atoms with van der Waals surface area (Å²) in [5.41, 5.74) is -0.482. The van der Waals surface area contributed by atoms with E-state index in [4.69, 9.17) is 9.47 Å². The number of piperazine rings is 1. The Balaban J connectivity index is 2.54. The first-order valence-electron chi connectivity index (χ1n) is 8.03. The van der Waals surface area contributed by atoms with E-state index in [9.17, 15) is 9.59 Å². The fraction of sp³-hybridized carbons (Fsp3) is 0.875. The van der Waals surface area contributed by atoms with Gasteiger partial charge in [-0.2, -0.15) is 0 Å². The van der Waals surface area contributed by atoms with Gasteiger partial charge in [0, 0.05) is 31.7 Å². The van der Waals surface area contributed by atoms with Gasteiger partial charge in [-0.25, -0.2) is 4.79 Å². The van der Waals surface area contributed by atoms with Crippen LogP contribution >= 0.6 is 0 Å². The van der Waals surface area contributed by atoms with Gasteiger partial charge in [0.15, 0.2) is 0 Å². The molecule has 0 bridgehead atoms. The minimum absolute atomic E-state index is 0.170. The standard InChI is InChI=1S/C16H30N2O4/c1-7-21-14(19)8-9-18-12(2)10-17(11-13(18)3)15(20)22-16(4,5)6/h12-13H,7-11H2,1-6H3/t12-,13?/m0/s1. The molecule has 6 heteroatoms. The summed E-state index contributed by atoms with van der Waals surface area (Å²) < 4.78 is 10.4. The van der Waals surface area contributed by atoms with Crippen molar-refractivity contribution < 1.29 is 19.1 Å². The van der Waals surface area contributed by atoms with Crippen LogP contribution in [0, 0.1) is 0 Å². The van der Waals surface area contributed by atoms with Crippen LogP contribution in [0.1, 0.15) is 48.0 Å². The summed E-state index contributed by atoms with van der Waals surface area (Å²) in [6, 6.07) is 0.372. The lowest BCUT2D eigenvalue weighted by Crippen LogP contribution is -2.58. The van der Waals surface area contributed by atoms with E-state index in [-0.39, 0.29) is 24.1 Å². The molecule has 0 spiro atoms. The smallest absolute Gasteiger partial charge is 0.410 e. The van der Waals surface area contributed by atoms with Crippen LogP contribution in [-0.2, 0) is 14.3 Å². The molecular formula is C16H30N2O4. The van der Waals surface area contributed by atoms with Crippen LogP contribution in [0.2, 0.25) is 0 Å². The summed E-state index contributed by atoms with van der Waals surface area (Å²) in [5, 5.41) is 0. The number of nitrogens with zero attached hydrogens (tertiary/aromatic N) is 2. The Labute approximate surface area is 133 Å². The quantitative estimate of drug-likeness (QED) is 0.745. The SMILES string of the molecule is CCOC(=O)CCN1C(C)CN(C(=O)OC(C)(C)C)C[C@@H]1C. The van der Waals surface area contributed by atoms with E-state index in [1.807, 2.05) is 27.7 Å². The average Bonchev–Trinajstić information content (AvgIpc) is 2.35. The number of hydrogen-bond acceptors (Lipinski definition) is 5. The number of amides is 1. The molecule has 1 unspecified atom stereocenters. The number of rotatable bonds is 4. The Morgan fingerprint density at radius 3 is 2.14 bits per heavy atom. The molecule has 1 fully saturated rings. The van der Waals surface area contributed by atoms with Crippen molar-refractivity contribution in [2.24, 2.45) is 0 Å². The van der Waals surface area contributed by atoms with Gasteiger partial charge >= 0.3 is 12.1 Å². The highest BCUT2D eigenvalue weighted by Gasteiger charge is 2.33. The molecule has 1 saturated heterocycles. The first-order valence-corrected chi connectivity index (χ1v) is 8.03. The lowest BCUT2D eigenvalue weighted by atomic mass is 10.1. The lowest BCUT2D eigenvalue weighted by molar-refractivity contribution is -0.143. The van der Waals surface area contributed by atoms with E-state index in [2.05, 4.69) is 18.7 Å². The van der Waals surface area contributed by atoms with E-state index in [1.165, 1.54) is 0 Å². The minimum atomic E-state index is -0.482. The second-order valence-electron chi connectivity index (χ2n) is 6.88. The second kappa shape index (κ2) is 7.81. The molecule has 22 heavy (non-hydrogen) atoms. The van der Waals surface area contributed by atoms with Crippen LogP contribution in [0.15, 0.2) is 0 Å². The highest BCUT2D eigenvalue weighted by atomic mass is 16.6. The highest BCUT2D eigenvalue weighted by molar-refractivity contribution is 5.69. The fourth-order valence-electron chi connectivity index (χ4n) is 2.73. The van der Waals surface area contributed by atoms with Crippen LogP contribution in [-0.4, -0.2) is 65.8 Å². The largest absolute Gasteiger partial charge is 0.466 e. The van der Waals surface area contributed by atoms with Crippen molar-refractivity contribution in [1.29, 1.82) is 0 Å². The Hall–Kier alpha value is -1.30. The molecule has 0 aromatic rings. The maximum absolute atomic E-state index is 12.2. The topological polar surface area (TPSA) is 59.1 Å². The third-order valence-electron chi connectivity index (χ3n) is 3.63. The molecule has 0 radical (unpaired) electrons. The Morgan fingerprint density at radius 2 is 1.68 bits per heavy atom. The summed E-state index contributed by atoms with van der Waals surface area (Å²) in [6.07, 6.45) is 0.117. The van der Waals surface area contributed by atoms with Crippen molar-refractivity contribution in [1.82, 2.24) is 9.80 Å². The highest BCUT2D eigenvalue weighted by Crippen LogP contribution is 2.19. The molecule has 0 aromatic heterocycles. The molecule has 128 valence electrons. The molecule has 6 nitrogen and oxygen atoms in total. The number of carbonyl (C=O) groups is 2. The summed E-state index contributed by atoms with van der Waals surface area (Å²) in [6.45, 7) is 13.8. The average molecular weight is 314 g/mol. The number of hydrogen-bond donors (Lipinski definition) is 0. The zero-order valence-electron chi connectivity index (χ0n) is 14.7. The van der Waals surface area contributed by atoms with Crippen molar-refractivity contribution in [2.75, 3.05) is 26.2 Å². The molecule has 0 aromatic carbocycles. The predicted octanol–water partition coefficient (Wildman–Crippen LogP) is 2.27. The van der Waals surface area contributed by atoms with Crippen LogP contribution < -0.4 is 0 Å². The molecule has 1 heterocycles. The Bertz CT molecular complexity index is 380. The lowest BCUT2D eigenvalue weighted by Gasteiger charge is -2.44. The van der Waals surface area contributed by atoms with Crippen LogP contribution in [0.5, 0.6) is 0 Å². The van der Waals surface area contributed by atoms with Gasteiger partial charge in [-0.3, -0.25) is 9.69 Å². The van der Waals surface area contributed by atoms with Crippen molar-refractivity contribution in [3.63, 3.8) is 0 Å². The molecule has 1 amide bonds. The number of esters is 1. The van der Waals surface area contributed by atoms with E-state index < -0.39 is 5.60 Å². The van der Waals surface area contributed by atoms with Crippen molar-refractivity contribution >= 4 is 12.1 Å². The van der Waals surface area contributed by atoms with Gasteiger partial charge in [0.05, 0.1) is 13.0 Å². The third kappa shape index (κ3) is 5.83. The third-order valence-corrected chi connectivity index (χ3v) is 3.63. The first kappa shape index (κ1) is 18.7. The van der Waals surface area contributed by atoms with Gasteiger partial charge in [0.1, 0.15) is 5.60 Å². The van der Waals surface area contributed by atoms with Gasteiger partial charge in [-0.15, -0.1) is 0 Å². The molecule has 1 rings (SSSR count). The maximum Gasteiger partial charge on any atom is 0.410 e. The monoisotopic (exact) mass is 314 g/mol. The number of carbonyl (C=O) groups excluding carboxylic acids is 2. The summed E-state index contributed by atoms with van der Waals surface area (Å²) in [4.78, 5) is 27.7. The summed E-state index contributed by atoms with van der Waals surface area (Å²) >= 11 is 0. The second-order valence-corrected chi connectivity index (χ2v) is 6.88. The van der Waals surface area contributed by atoms with Crippen molar-refractivity contribution in [2.45, 2.75) is 65.6 Å². The Kier molecular flexibility index (Phi) is 6.66. The molecule has 1 aliphatic heterocycles. The first-order chi connectivity index (χ1) is 10.1. The van der Waals surface area contributed by atoms with Crippen LogP contribution in [0.4, 0.5) is 4.79 Å². The number of ether oxygens (including phenoxy) is 2. The molecule has 0 saturated carbocycles. The molecule has 0 aliphatic carbocycles. The van der Waals surface area contributed by atoms with E-state index in [0.717, 1.165) is 0 Å². The van der Waals surface area contributed by atoms with Crippen molar-refractivity contribution in [3.8, 4) is 0 Å². The van der Waals surface area contributed by atoms with E-state index in [1.54, 1.807) is 4.90 Å². The van der Waals surface area contributed by atoms with Crippen LogP contribution in [0.3, 0.4) is 0 Å². The maximum atomic E-state index is 12.2. The van der Waals surface area contributed by atoms with E-state index in [0.29, 0.717) is 32.7 Å². The summed E-state index contributed by atoms with van der Waals surface area (Å²) in [5.74, 6) is -0.170. The molecule has 1 aliphatic rings. The zero-order valence-corrected chi connectivity index (χ0v) is 14.7. The normalized spacial score (nSPS) is 23.3. The van der Waals surface area contributed by atoms with Gasteiger partial charge < -0.3 is 14.4 Å². The van der Waals surface area contributed by atoms with Gasteiger partial charge in [0.25, 0.3) is 0 Å². The zero-order chi connectivity index (χ0) is 16.9.